The molecule has 4 rings (SSSR count). The van der Waals surface area contributed by atoms with Crippen LogP contribution in [-0.2, 0) is 20.4 Å². The van der Waals surface area contributed by atoms with E-state index >= 15 is 0 Å². The van der Waals surface area contributed by atoms with Gasteiger partial charge in [-0.05, 0) is 72.2 Å². The van der Waals surface area contributed by atoms with Crippen LogP contribution in [0.1, 0.15) is 100 Å². The van der Waals surface area contributed by atoms with Crippen molar-refractivity contribution in [1.82, 2.24) is 0 Å². The molecule has 0 heterocycles. The number of aryl methyl sites for hydroxylation is 1. The van der Waals surface area contributed by atoms with Gasteiger partial charge in [-0.2, -0.15) is 0 Å². The van der Waals surface area contributed by atoms with Gasteiger partial charge < -0.3 is 0 Å². The molecule has 0 unspecified atom stereocenters. The molecule has 0 radical (unpaired) electrons. The molecule has 2 aliphatic carbocycles. The van der Waals surface area contributed by atoms with Gasteiger partial charge in [-0.3, -0.25) is 9.59 Å². The van der Waals surface area contributed by atoms with E-state index in [1.807, 2.05) is 12.1 Å². The van der Waals surface area contributed by atoms with Crippen molar-refractivity contribution in [3.05, 3.63) is 87.5 Å². The van der Waals surface area contributed by atoms with Crippen molar-refractivity contribution < 1.29 is 9.59 Å². The summed E-state index contributed by atoms with van der Waals surface area (Å²) in [7, 11) is 0. The van der Waals surface area contributed by atoms with E-state index in [9.17, 15) is 9.59 Å². The first-order valence-corrected chi connectivity index (χ1v) is 12.1. The van der Waals surface area contributed by atoms with Crippen LogP contribution in [0.25, 0.3) is 5.57 Å². The maximum absolute atomic E-state index is 12.4. The van der Waals surface area contributed by atoms with Crippen LogP contribution in [-0.4, -0.2) is 11.6 Å². The highest BCUT2D eigenvalue weighted by Gasteiger charge is 2.34. The number of ketones is 2. The number of hydrogen-bond donors (Lipinski definition) is 0. The maximum atomic E-state index is 12.4. The summed E-state index contributed by atoms with van der Waals surface area (Å²) in [6.07, 6.45) is 6.37. The van der Waals surface area contributed by atoms with Crippen molar-refractivity contribution in [1.29, 1.82) is 0 Å². The van der Waals surface area contributed by atoms with Gasteiger partial charge in [0.1, 0.15) is 17.5 Å². The molecular formula is C31H36O2. The zero-order valence-corrected chi connectivity index (χ0v) is 21.1. The first-order valence-electron chi connectivity index (χ1n) is 12.1. The molecular weight excluding hydrogens is 404 g/mol. The molecule has 0 spiro atoms. The highest BCUT2D eigenvalue weighted by molar-refractivity contribution is 6.09. The van der Waals surface area contributed by atoms with E-state index in [0.717, 1.165) is 11.1 Å². The average Bonchev–Trinajstić information content (AvgIpc) is 2.73. The van der Waals surface area contributed by atoms with Crippen molar-refractivity contribution in [2.75, 3.05) is 0 Å². The van der Waals surface area contributed by atoms with Crippen LogP contribution in [0.15, 0.2) is 54.1 Å². The average molecular weight is 441 g/mol. The van der Waals surface area contributed by atoms with Crippen molar-refractivity contribution in [3.63, 3.8) is 0 Å². The Kier molecular flexibility index (Phi) is 5.85. The molecule has 0 saturated heterocycles. The van der Waals surface area contributed by atoms with Crippen LogP contribution < -0.4 is 0 Å². The van der Waals surface area contributed by atoms with Gasteiger partial charge in [-0.15, -0.1) is 0 Å². The first-order chi connectivity index (χ1) is 15.4. The summed E-state index contributed by atoms with van der Waals surface area (Å²) in [6.45, 7) is 15.7. The number of carbonyl (C=O) groups excluding carboxylic acids is 2. The summed E-state index contributed by atoms with van der Waals surface area (Å²) in [5.74, 6) is -0.460. The maximum Gasteiger partial charge on any atom is 0.147 e. The summed E-state index contributed by atoms with van der Waals surface area (Å²) < 4.78 is 0. The van der Waals surface area contributed by atoms with Gasteiger partial charge >= 0.3 is 0 Å². The largest absolute Gasteiger partial charge is 0.299 e. The van der Waals surface area contributed by atoms with Gasteiger partial charge in [-0.25, -0.2) is 0 Å². The van der Waals surface area contributed by atoms with E-state index in [0.29, 0.717) is 19.3 Å². The lowest BCUT2D eigenvalue weighted by atomic mass is 9.66. The number of fused-ring (bicyclic) bond motifs is 1. The molecule has 2 heteroatoms. The number of rotatable bonds is 3. The second kappa shape index (κ2) is 8.24. The zero-order chi connectivity index (χ0) is 24.1. The van der Waals surface area contributed by atoms with Gasteiger partial charge in [0, 0.05) is 23.7 Å². The standard InChI is InChI=1S/C31H36O2/c1-19(2)28(21-11-13-22(14-12-21)29-26(32)9-8-10-27(29)33)23-18-25-24(17-20(23)3)30(4,5)15-16-31(25,6)7/h11-18,29H,8-10H2,1-7H3. The van der Waals surface area contributed by atoms with Crippen LogP contribution >= 0.6 is 0 Å². The quantitative estimate of drug-likeness (QED) is 0.369. The monoisotopic (exact) mass is 440 g/mol. The highest BCUT2D eigenvalue weighted by Crippen LogP contribution is 2.44. The molecule has 1 fully saturated rings. The molecule has 172 valence electrons. The molecule has 2 aromatic rings. The van der Waals surface area contributed by atoms with Crippen LogP contribution in [0.4, 0.5) is 0 Å². The molecule has 0 aliphatic heterocycles. The first kappa shape index (κ1) is 23.4. The zero-order valence-electron chi connectivity index (χ0n) is 21.1. The Bertz CT molecular complexity index is 1170. The summed E-state index contributed by atoms with van der Waals surface area (Å²) in [5, 5.41) is 0. The number of Topliss-reactive ketones (excluding diaryl/α,β-unsaturated/α-hetero) is 2. The molecule has 0 bridgehead atoms. The molecule has 0 N–H and O–H groups in total. The predicted molar refractivity (Wildman–Crippen MR) is 137 cm³/mol. The third-order valence-electron chi connectivity index (χ3n) is 7.46. The third-order valence-corrected chi connectivity index (χ3v) is 7.46. The van der Waals surface area contributed by atoms with Crippen molar-refractivity contribution in [2.45, 2.75) is 84.5 Å². The number of carbonyl (C=O) groups is 2. The van der Waals surface area contributed by atoms with Gasteiger partial charge in [0.2, 0.25) is 0 Å². The molecule has 0 aromatic heterocycles. The lowest BCUT2D eigenvalue weighted by Crippen LogP contribution is -2.29. The minimum atomic E-state index is -0.580. The second-order valence-corrected chi connectivity index (χ2v) is 11.2. The lowest BCUT2D eigenvalue weighted by Gasteiger charge is -2.38. The van der Waals surface area contributed by atoms with Gasteiger partial charge in [-0.1, -0.05) is 75.8 Å². The Morgan fingerprint density at radius 2 is 1.33 bits per heavy atom. The van der Waals surface area contributed by atoms with Crippen LogP contribution in [0.3, 0.4) is 0 Å². The van der Waals surface area contributed by atoms with Crippen LogP contribution in [0.2, 0.25) is 0 Å². The Morgan fingerprint density at radius 3 is 1.85 bits per heavy atom. The summed E-state index contributed by atoms with van der Waals surface area (Å²) in [5.41, 5.74) is 9.73. The van der Waals surface area contributed by atoms with Crippen molar-refractivity contribution >= 4 is 17.1 Å². The van der Waals surface area contributed by atoms with Gasteiger partial charge in [0.25, 0.3) is 0 Å². The molecule has 2 aromatic carbocycles. The molecule has 33 heavy (non-hydrogen) atoms. The Labute approximate surface area is 198 Å². The summed E-state index contributed by atoms with van der Waals surface area (Å²) in [4.78, 5) is 24.8. The second-order valence-electron chi connectivity index (χ2n) is 11.2. The summed E-state index contributed by atoms with van der Waals surface area (Å²) in [6, 6.07) is 12.9. The number of allylic oxidation sites excluding steroid dienone is 3. The van der Waals surface area contributed by atoms with Crippen molar-refractivity contribution in [2.24, 2.45) is 0 Å². The topological polar surface area (TPSA) is 34.1 Å². The Balaban J connectivity index is 1.79. The van der Waals surface area contributed by atoms with E-state index in [2.05, 4.69) is 84.9 Å². The van der Waals surface area contributed by atoms with E-state index in [1.165, 1.54) is 33.4 Å². The molecule has 0 atom stereocenters. The number of benzene rings is 2. The van der Waals surface area contributed by atoms with E-state index in [4.69, 9.17) is 0 Å². The van der Waals surface area contributed by atoms with Crippen LogP contribution in [0, 0.1) is 6.92 Å². The smallest absolute Gasteiger partial charge is 0.147 e. The van der Waals surface area contributed by atoms with E-state index < -0.39 is 5.92 Å². The Morgan fingerprint density at radius 1 is 0.818 bits per heavy atom. The fourth-order valence-electron chi connectivity index (χ4n) is 5.47. The van der Waals surface area contributed by atoms with Gasteiger partial charge in [0.15, 0.2) is 0 Å². The minimum Gasteiger partial charge on any atom is -0.299 e. The SMILES string of the molecule is CC(C)=C(c1ccc(C2C(=O)CCCC2=O)cc1)c1cc2c(cc1C)C(C)(C)C=CC2(C)C. The third kappa shape index (κ3) is 4.16. The van der Waals surface area contributed by atoms with Crippen LogP contribution in [0.5, 0.6) is 0 Å². The predicted octanol–water partition coefficient (Wildman–Crippen LogP) is 7.37. The minimum absolute atomic E-state index is 0.0139. The van der Waals surface area contributed by atoms with Gasteiger partial charge in [0.05, 0.1) is 0 Å². The molecule has 2 aliphatic rings. The fraction of sp³-hybridized carbons (Fsp3) is 0.419. The normalized spacial score (nSPS) is 19.4. The lowest BCUT2D eigenvalue weighted by molar-refractivity contribution is -0.131. The molecule has 1 saturated carbocycles. The molecule has 0 amide bonds. The van der Waals surface area contributed by atoms with E-state index in [-0.39, 0.29) is 22.4 Å². The summed E-state index contributed by atoms with van der Waals surface area (Å²) >= 11 is 0. The van der Waals surface area contributed by atoms with Crippen molar-refractivity contribution in [3.8, 4) is 0 Å². The number of hydrogen-bond acceptors (Lipinski definition) is 2. The fourth-order valence-corrected chi connectivity index (χ4v) is 5.47. The highest BCUT2D eigenvalue weighted by atomic mass is 16.2. The van der Waals surface area contributed by atoms with E-state index in [1.54, 1.807) is 0 Å². The molecule has 2 nitrogen and oxygen atoms in total. The Hall–Kier alpha value is -2.74.